The zero-order valence-corrected chi connectivity index (χ0v) is 13.7. The number of thiophene rings is 1. The summed E-state index contributed by atoms with van der Waals surface area (Å²) in [7, 11) is 0. The number of benzene rings is 2. The van der Waals surface area contributed by atoms with Crippen molar-refractivity contribution in [3.05, 3.63) is 84.4 Å². The summed E-state index contributed by atoms with van der Waals surface area (Å²) < 4.78 is 0. The van der Waals surface area contributed by atoms with Crippen molar-refractivity contribution in [2.75, 3.05) is 0 Å². The summed E-state index contributed by atoms with van der Waals surface area (Å²) in [5, 5.41) is 21.0. The van der Waals surface area contributed by atoms with Gasteiger partial charge in [0.15, 0.2) is 0 Å². The number of phenols is 2. The molecule has 0 saturated carbocycles. The number of aromatic hydroxyl groups is 2. The third-order valence-corrected chi connectivity index (χ3v) is 4.39. The van der Waals surface area contributed by atoms with E-state index in [4.69, 9.17) is 0 Å². The summed E-state index contributed by atoms with van der Waals surface area (Å²) in [5.74, 6) is 0.653. The highest BCUT2D eigenvalue weighted by molar-refractivity contribution is 7.13. The van der Waals surface area contributed by atoms with Crippen molar-refractivity contribution in [1.82, 2.24) is 4.98 Å². The van der Waals surface area contributed by atoms with Crippen LogP contribution in [0.2, 0.25) is 0 Å². The maximum Gasteiger partial charge on any atom is 0.124 e. The maximum atomic E-state index is 9.49. The summed E-state index contributed by atoms with van der Waals surface area (Å²) in [6, 6.07) is 22.4. The molecule has 2 aromatic carbocycles. The predicted molar refractivity (Wildman–Crippen MR) is 99.3 cm³/mol. The van der Waals surface area contributed by atoms with Crippen LogP contribution in [0.4, 0.5) is 0 Å². The van der Waals surface area contributed by atoms with Gasteiger partial charge in [0.25, 0.3) is 0 Å². The van der Waals surface area contributed by atoms with Crippen LogP contribution in [0.1, 0.15) is 0 Å². The largest absolute Gasteiger partial charge is 0.507 e. The maximum absolute atomic E-state index is 9.49. The molecule has 0 aliphatic rings. The summed E-state index contributed by atoms with van der Waals surface area (Å²) in [6.07, 6.45) is 1.84. The standard InChI is InChI=1S/C10H9NO.C10H8OS/c12-10-6-2-1-4-8(10)9-5-3-7-11-9;11-9-5-2-1-4-8(9)10-6-3-7-12-10/h1-7,11-12H;1-7,11H. The summed E-state index contributed by atoms with van der Waals surface area (Å²) >= 11 is 1.63. The lowest BCUT2D eigenvalue weighted by atomic mass is 10.1. The number of rotatable bonds is 2. The molecule has 2 aromatic heterocycles. The highest BCUT2D eigenvalue weighted by Crippen LogP contribution is 2.31. The van der Waals surface area contributed by atoms with Gasteiger partial charge < -0.3 is 15.2 Å². The Kier molecular flexibility index (Phi) is 4.99. The van der Waals surface area contributed by atoms with E-state index in [-0.39, 0.29) is 0 Å². The van der Waals surface area contributed by atoms with E-state index in [1.807, 2.05) is 72.2 Å². The number of H-pyrrole nitrogens is 1. The highest BCUT2D eigenvalue weighted by atomic mass is 32.1. The van der Waals surface area contributed by atoms with E-state index in [0.29, 0.717) is 11.5 Å². The monoisotopic (exact) mass is 335 g/mol. The second-order valence-corrected chi connectivity index (χ2v) is 6.04. The number of aromatic nitrogens is 1. The topological polar surface area (TPSA) is 56.2 Å². The average molecular weight is 335 g/mol. The minimum absolute atomic E-state index is 0.306. The Morgan fingerprint density at radius 2 is 1.33 bits per heavy atom. The van der Waals surface area contributed by atoms with Gasteiger partial charge in [-0.25, -0.2) is 0 Å². The van der Waals surface area contributed by atoms with Crippen LogP contribution >= 0.6 is 11.3 Å². The van der Waals surface area contributed by atoms with E-state index in [1.54, 1.807) is 23.5 Å². The Morgan fingerprint density at radius 3 is 1.88 bits per heavy atom. The Morgan fingerprint density at radius 1 is 0.667 bits per heavy atom. The second kappa shape index (κ2) is 7.53. The molecule has 0 saturated heterocycles. The van der Waals surface area contributed by atoms with Crippen molar-refractivity contribution in [3.8, 4) is 33.2 Å². The Balaban J connectivity index is 0.000000141. The molecule has 24 heavy (non-hydrogen) atoms. The molecule has 4 aromatic rings. The third kappa shape index (κ3) is 3.67. The van der Waals surface area contributed by atoms with Crippen LogP contribution in [-0.4, -0.2) is 15.2 Å². The molecule has 0 fully saturated rings. The SMILES string of the molecule is Oc1ccccc1-c1ccc[nH]1.Oc1ccccc1-c1cccs1. The molecule has 0 unspecified atom stereocenters. The lowest BCUT2D eigenvalue weighted by molar-refractivity contribution is 0.477. The predicted octanol–water partition coefficient (Wildman–Crippen LogP) is 5.51. The van der Waals surface area contributed by atoms with E-state index in [2.05, 4.69) is 4.98 Å². The molecule has 0 aliphatic heterocycles. The molecule has 0 spiro atoms. The van der Waals surface area contributed by atoms with Crippen LogP contribution in [-0.2, 0) is 0 Å². The lowest BCUT2D eigenvalue weighted by Gasteiger charge is -1.99. The molecule has 0 bridgehead atoms. The van der Waals surface area contributed by atoms with Crippen molar-refractivity contribution < 1.29 is 10.2 Å². The van der Waals surface area contributed by atoms with Gasteiger partial charge in [-0.3, -0.25) is 0 Å². The van der Waals surface area contributed by atoms with Gasteiger partial charge in [-0.15, -0.1) is 11.3 Å². The normalized spacial score (nSPS) is 10.0. The van der Waals surface area contributed by atoms with Crippen LogP contribution in [0.15, 0.2) is 84.4 Å². The van der Waals surface area contributed by atoms with Gasteiger partial charge in [0.05, 0.1) is 0 Å². The minimum atomic E-state index is 0.306. The molecular formula is C20H17NO2S. The number of para-hydroxylation sites is 2. The van der Waals surface area contributed by atoms with Gasteiger partial charge in [-0.05, 0) is 47.8 Å². The van der Waals surface area contributed by atoms with Crippen molar-refractivity contribution in [2.24, 2.45) is 0 Å². The summed E-state index contributed by atoms with van der Waals surface area (Å²) in [6.45, 7) is 0. The van der Waals surface area contributed by atoms with Gasteiger partial charge in [0.1, 0.15) is 11.5 Å². The van der Waals surface area contributed by atoms with Crippen LogP contribution in [0.3, 0.4) is 0 Å². The van der Waals surface area contributed by atoms with E-state index in [0.717, 1.165) is 21.7 Å². The van der Waals surface area contributed by atoms with Crippen LogP contribution in [0.25, 0.3) is 21.7 Å². The van der Waals surface area contributed by atoms with E-state index in [1.165, 1.54) is 0 Å². The molecule has 0 aliphatic carbocycles. The fourth-order valence-corrected chi connectivity index (χ4v) is 3.07. The number of hydrogen-bond donors (Lipinski definition) is 3. The Labute approximate surface area is 144 Å². The van der Waals surface area contributed by atoms with Gasteiger partial charge in [0, 0.05) is 27.9 Å². The fourth-order valence-electron chi connectivity index (χ4n) is 2.31. The number of aromatic amines is 1. The first-order valence-electron chi connectivity index (χ1n) is 7.49. The van der Waals surface area contributed by atoms with Crippen LogP contribution in [0, 0.1) is 0 Å². The Hall–Kier alpha value is -2.98. The molecule has 4 heteroatoms. The smallest absolute Gasteiger partial charge is 0.124 e. The number of phenolic OH excluding ortho intramolecular Hbond substituents is 2. The molecular weight excluding hydrogens is 318 g/mol. The number of nitrogens with one attached hydrogen (secondary N) is 1. The first-order chi connectivity index (χ1) is 11.8. The first kappa shape index (κ1) is 15.9. The molecule has 0 radical (unpaired) electrons. The van der Waals surface area contributed by atoms with Gasteiger partial charge in [-0.1, -0.05) is 30.3 Å². The quantitative estimate of drug-likeness (QED) is 0.452. The molecule has 0 atom stereocenters. The molecule has 3 N–H and O–H groups in total. The first-order valence-corrected chi connectivity index (χ1v) is 8.37. The minimum Gasteiger partial charge on any atom is -0.507 e. The van der Waals surface area contributed by atoms with Gasteiger partial charge in [-0.2, -0.15) is 0 Å². The summed E-state index contributed by atoms with van der Waals surface area (Å²) in [5.41, 5.74) is 2.68. The summed E-state index contributed by atoms with van der Waals surface area (Å²) in [4.78, 5) is 4.14. The lowest BCUT2D eigenvalue weighted by Crippen LogP contribution is -1.76. The second-order valence-electron chi connectivity index (χ2n) is 5.10. The zero-order chi connectivity index (χ0) is 16.8. The van der Waals surface area contributed by atoms with Crippen molar-refractivity contribution >= 4 is 11.3 Å². The van der Waals surface area contributed by atoms with Gasteiger partial charge in [0.2, 0.25) is 0 Å². The molecule has 3 nitrogen and oxygen atoms in total. The van der Waals surface area contributed by atoms with Crippen molar-refractivity contribution in [3.63, 3.8) is 0 Å². The van der Waals surface area contributed by atoms with Crippen molar-refractivity contribution in [2.45, 2.75) is 0 Å². The highest BCUT2D eigenvalue weighted by Gasteiger charge is 2.02. The Bertz CT molecular complexity index is 808. The van der Waals surface area contributed by atoms with E-state index in [9.17, 15) is 10.2 Å². The molecule has 0 amide bonds. The van der Waals surface area contributed by atoms with Gasteiger partial charge >= 0.3 is 0 Å². The van der Waals surface area contributed by atoms with Crippen LogP contribution in [0.5, 0.6) is 11.5 Å². The van der Waals surface area contributed by atoms with Crippen molar-refractivity contribution in [1.29, 1.82) is 0 Å². The van der Waals surface area contributed by atoms with E-state index < -0.39 is 0 Å². The van der Waals surface area contributed by atoms with Crippen LogP contribution < -0.4 is 0 Å². The van der Waals surface area contributed by atoms with E-state index >= 15 is 0 Å². The molecule has 120 valence electrons. The molecule has 4 rings (SSSR count). The zero-order valence-electron chi connectivity index (χ0n) is 12.9. The number of hydrogen-bond acceptors (Lipinski definition) is 3. The average Bonchev–Trinajstić information content (AvgIpc) is 3.30. The molecule has 2 heterocycles. The third-order valence-electron chi connectivity index (χ3n) is 3.48. The fraction of sp³-hybridized carbons (Fsp3) is 0.